The summed E-state index contributed by atoms with van der Waals surface area (Å²) in [6.45, 7) is 10.00. The molecule has 0 radical (unpaired) electrons. The molecule has 0 aromatic heterocycles. The molecule has 2 saturated heterocycles. The average molecular weight is 276 g/mol. The minimum absolute atomic E-state index is 0.311. The molecule has 1 aliphatic carbocycles. The first-order valence-electron chi connectivity index (χ1n) is 8.28. The first-order valence-corrected chi connectivity index (χ1v) is 8.28. The Morgan fingerprint density at radius 2 is 2.05 bits per heavy atom. The quantitative estimate of drug-likeness (QED) is 0.825. The van der Waals surface area contributed by atoms with Crippen molar-refractivity contribution in [2.45, 2.75) is 57.2 Å². The monoisotopic (exact) mass is 276 g/mol. The molecule has 1 saturated carbocycles. The van der Waals surface area contributed by atoms with Crippen LogP contribution in [0.3, 0.4) is 0 Å². The van der Waals surface area contributed by atoms with Crippen LogP contribution in [0.25, 0.3) is 0 Å². The van der Waals surface area contributed by atoms with Crippen LogP contribution in [0.4, 0.5) is 0 Å². The summed E-state index contributed by atoms with van der Waals surface area (Å²) in [5, 5.41) is 13.4. The third kappa shape index (κ3) is 2.86. The second kappa shape index (κ2) is 5.63. The maximum Gasteiger partial charge on any atom is 0.122 e. The zero-order valence-electron chi connectivity index (χ0n) is 12.9. The van der Waals surface area contributed by atoms with Crippen molar-refractivity contribution in [1.82, 2.24) is 15.1 Å². The molecular weight excluding hydrogens is 248 g/mol. The Morgan fingerprint density at radius 1 is 1.25 bits per heavy atom. The molecule has 0 aromatic carbocycles. The molecule has 3 rings (SSSR count). The molecule has 0 bridgehead atoms. The summed E-state index contributed by atoms with van der Waals surface area (Å²) in [4.78, 5) is 5.18. The highest BCUT2D eigenvalue weighted by Gasteiger charge is 2.47. The summed E-state index contributed by atoms with van der Waals surface area (Å²) in [6.07, 6.45) is 5.14. The van der Waals surface area contributed by atoms with Gasteiger partial charge in [0, 0.05) is 38.3 Å². The zero-order valence-corrected chi connectivity index (χ0v) is 12.9. The van der Waals surface area contributed by atoms with Gasteiger partial charge in [0.2, 0.25) is 0 Å². The number of hydrogen-bond donors (Lipinski definition) is 1. The van der Waals surface area contributed by atoms with Crippen molar-refractivity contribution >= 4 is 0 Å². The van der Waals surface area contributed by atoms with Crippen LogP contribution in [0, 0.1) is 17.2 Å². The molecule has 3 aliphatic rings. The largest absolute Gasteiger partial charge is 0.298 e. The fourth-order valence-corrected chi connectivity index (χ4v) is 4.09. The number of nitrogens with zero attached hydrogens (tertiary/aromatic N) is 3. The molecule has 0 amide bonds. The van der Waals surface area contributed by atoms with E-state index in [2.05, 4.69) is 35.0 Å². The van der Waals surface area contributed by atoms with E-state index in [1.165, 1.54) is 38.8 Å². The number of hydrogen-bond acceptors (Lipinski definition) is 4. The van der Waals surface area contributed by atoms with Crippen LogP contribution in [-0.4, -0.2) is 60.1 Å². The van der Waals surface area contributed by atoms with Crippen molar-refractivity contribution in [1.29, 1.82) is 5.26 Å². The predicted molar refractivity (Wildman–Crippen MR) is 80.4 cm³/mol. The summed E-state index contributed by atoms with van der Waals surface area (Å²) in [7, 11) is 0. The average Bonchev–Trinajstić information content (AvgIpc) is 3.17. The third-order valence-corrected chi connectivity index (χ3v) is 5.16. The van der Waals surface area contributed by atoms with Crippen molar-refractivity contribution in [2.24, 2.45) is 5.92 Å². The summed E-state index contributed by atoms with van der Waals surface area (Å²) < 4.78 is 0. The lowest BCUT2D eigenvalue weighted by Gasteiger charge is -2.42. The van der Waals surface area contributed by atoms with Gasteiger partial charge in [0.1, 0.15) is 5.54 Å². The van der Waals surface area contributed by atoms with Gasteiger partial charge in [-0.3, -0.25) is 15.1 Å². The molecule has 2 aliphatic heterocycles. The first kappa shape index (κ1) is 14.3. The standard InChI is InChI=1S/C16H28N4/c1-13(2)18-16(11-17,14-5-6-14)12-19-8-9-20-7-3-4-15(20)10-19/h13-15,18H,3-10,12H2,1-2H3. The summed E-state index contributed by atoms with van der Waals surface area (Å²) >= 11 is 0. The number of piperazine rings is 1. The summed E-state index contributed by atoms with van der Waals surface area (Å²) in [5.41, 5.74) is -0.311. The minimum Gasteiger partial charge on any atom is -0.298 e. The van der Waals surface area contributed by atoms with E-state index in [-0.39, 0.29) is 5.54 Å². The fraction of sp³-hybridized carbons (Fsp3) is 0.938. The zero-order chi connectivity index (χ0) is 14.2. The first-order chi connectivity index (χ1) is 9.63. The lowest BCUT2D eigenvalue weighted by molar-refractivity contribution is 0.0817. The maximum absolute atomic E-state index is 9.80. The molecule has 2 heterocycles. The Balaban J connectivity index is 1.65. The van der Waals surface area contributed by atoms with Crippen LogP contribution < -0.4 is 5.32 Å². The molecule has 4 heteroatoms. The molecule has 0 spiro atoms. The van der Waals surface area contributed by atoms with Crippen molar-refractivity contribution in [2.75, 3.05) is 32.7 Å². The van der Waals surface area contributed by atoms with E-state index in [1.54, 1.807) is 0 Å². The molecule has 3 fully saturated rings. The molecule has 1 N–H and O–H groups in total. The van der Waals surface area contributed by atoms with Crippen LogP contribution in [-0.2, 0) is 0 Å². The van der Waals surface area contributed by atoms with Gasteiger partial charge in [-0.1, -0.05) is 0 Å². The molecule has 2 unspecified atom stereocenters. The normalized spacial score (nSPS) is 31.0. The molecule has 4 nitrogen and oxygen atoms in total. The van der Waals surface area contributed by atoms with Gasteiger partial charge >= 0.3 is 0 Å². The third-order valence-electron chi connectivity index (χ3n) is 5.16. The van der Waals surface area contributed by atoms with Crippen LogP contribution >= 0.6 is 0 Å². The topological polar surface area (TPSA) is 42.3 Å². The second-order valence-corrected chi connectivity index (χ2v) is 7.22. The molecule has 112 valence electrons. The van der Waals surface area contributed by atoms with Crippen LogP contribution in [0.2, 0.25) is 0 Å². The van der Waals surface area contributed by atoms with Gasteiger partial charge in [-0.05, 0) is 52.0 Å². The Kier molecular flexibility index (Phi) is 4.03. The van der Waals surface area contributed by atoms with E-state index in [9.17, 15) is 5.26 Å². The minimum atomic E-state index is -0.311. The number of rotatable bonds is 5. The van der Waals surface area contributed by atoms with Crippen molar-refractivity contribution in [3.05, 3.63) is 0 Å². The summed E-state index contributed by atoms with van der Waals surface area (Å²) in [5.74, 6) is 0.566. The van der Waals surface area contributed by atoms with Crippen molar-refractivity contribution in [3.8, 4) is 6.07 Å². The van der Waals surface area contributed by atoms with E-state index in [0.717, 1.165) is 25.7 Å². The van der Waals surface area contributed by atoms with Gasteiger partial charge in [-0.15, -0.1) is 0 Å². The Morgan fingerprint density at radius 3 is 2.70 bits per heavy atom. The van der Waals surface area contributed by atoms with Crippen LogP contribution in [0.1, 0.15) is 39.5 Å². The van der Waals surface area contributed by atoms with E-state index in [1.807, 2.05) is 0 Å². The van der Waals surface area contributed by atoms with Gasteiger partial charge in [0.25, 0.3) is 0 Å². The number of fused-ring (bicyclic) bond motifs is 1. The number of nitrogens with one attached hydrogen (secondary N) is 1. The smallest absolute Gasteiger partial charge is 0.122 e. The lowest BCUT2D eigenvalue weighted by atomic mass is 9.92. The second-order valence-electron chi connectivity index (χ2n) is 7.22. The molecular formula is C16H28N4. The maximum atomic E-state index is 9.80. The Labute approximate surface area is 123 Å². The van der Waals surface area contributed by atoms with Crippen LogP contribution in [0.5, 0.6) is 0 Å². The number of nitriles is 1. The van der Waals surface area contributed by atoms with Gasteiger partial charge in [-0.25, -0.2) is 0 Å². The van der Waals surface area contributed by atoms with Crippen molar-refractivity contribution in [3.63, 3.8) is 0 Å². The van der Waals surface area contributed by atoms with Gasteiger partial charge in [-0.2, -0.15) is 5.26 Å². The Hall–Kier alpha value is -0.630. The SMILES string of the molecule is CC(C)NC(C#N)(CN1CCN2CCCC2C1)C1CC1. The molecule has 2 atom stereocenters. The molecule has 0 aromatic rings. The van der Waals surface area contributed by atoms with Gasteiger partial charge < -0.3 is 0 Å². The highest BCUT2D eigenvalue weighted by molar-refractivity contribution is 5.17. The van der Waals surface area contributed by atoms with E-state index < -0.39 is 0 Å². The van der Waals surface area contributed by atoms with Crippen LogP contribution in [0.15, 0.2) is 0 Å². The molecule has 20 heavy (non-hydrogen) atoms. The van der Waals surface area contributed by atoms with E-state index >= 15 is 0 Å². The highest BCUT2D eigenvalue weighted by Crippen LogP contribution is 2.40. The van der Waals surface area contributed by atoms with Crippen molar-refractivity contribution < 1.29 is 0 Å². The van der Waals surface area contributed by atoms with Gasteiger partial charge in [0.05, 0.1) is 6.07 Å². The Bertz CT molecular complexity index is 384. The van der Waals surface area contributed by atoms with Gasteiger partial charge in [0.15, 0.2) is 0 Å². The fourth-order valence-electron chi connectivity index (χ4n) is 4.09. The summed E-state index contributed by atoms with van der Waals surface area (Å²) in [6, 6.07) is 3.78. The van der Waals surface area contributed by atoms with E-state index in [4.69, 9.17) is 0 Å². The van der Waals surface area contributed by atoms with E-state index in [0.29, 0.717) is 12.0 Å². The highest BCUT2D eigenvalue weighted by atomic mass is 15.3. The lowest BCUT2D eigenvalue weighted by Crippen LogP contribution is -2.60. The predicted octanol–water partition coefficient (Wildman–Crippen LogP) is 1.44.